The first-order chi connectivity index (χ1) is 11.6. The molecule has 24 heavy (non-hydrogen) atoms. The number of rotatable bonds is 6. The zero-order valence-corrected chi connectivity index (χ0v) is 14.5. The monoisotopic (exact) mass is 330 g/mol. The van der Waals surface area contributed by atoms with Crippen molar-refractivity contribution in [3.05, 3.63) is 23.8 Å². The minimum absolute atomic E-state index is 0.233. The number of nitrogens with zero attached hydrogens (tertiary/aromatic N) is 1. The molecule has 1 aromatic rings. The lowest BCUT2D eigenvalue weighted by atomic mass is 9.84. The van der Waals surface area contributed by atoms with E-state index in [1.165, 1.54) is 31.9 Å². The molecule has 1 heterocycles. The Morgan fingerprint density at radius 3 is 2.79 bits per heavy atom. The average Bonchev–Trinajstić information content (AvgIpc) is 2.56. The highest BCUT2D eigenvalue weighted by atomic mass is 16.5. The highest BCUT2D eigenvalue weighted by molar-refractivity contribution is 5.96. The van der Waals surface area contributed by atoms with Crippen molar-refractivity contribution in [2.75, 3.05) is 23.9 Å². The molecule has 1 fully saturated rings. The molecule has 130 valence electrons. The first-order valence-electron chi connectivity index (χ1n) is 8.90. The Morgan fingerprint density at radius 2 is 2.17 bits per heavy atom. The topological polar surface area (TPSA) is 58.6 Å². The van der Waals surface area contributed by atoms with Crippen molar-refractivity contribution in [2.24, 2.45) is 5.92 Å². The summed E-state index contributed by atoms with van der Waals surface area (Å²) in [5.74, 6) is 0.634. The standard InChI is InChI=1S/C19H26N2O3/c1-3-16(19(23)24-2)20-15-8-9-17-14(11-15)7-10-18(22)21(17)12-13-5-4-6-13/h8-9,11,13,16,20H,3-7,10,12H2,1-2H3/t16-/m1/s1. The molecule has 1 saturated carbocycles. The van der Waals surface area contributed by atoms with Crippen molar-refractivity contribution in [2.45, 2.75) is 51.5 Å². The summed E-state index contributed by atoms with van der Waals surface area (Å²) in [5.41, 5.74) is 3.12. The molecule has 5 heteroatoms. The molecule has 1 aliphatic heterocycles. The van der Waals surface area contributed by atoms with Crippen molar-refractivity contribution in [3.8, 4) is 0 Å². The van der Waals surface area contributed by atoms with Gasteiger partial charge in [0.15, 0.2) is 0 Å². The Balaban J connectivity index is 1.77. The summed E-state index contributed by atoms with van der Waals surface area (Å²) in [7, 11) is 1.41. The highest BCUT2D eigenvalue weighted by Gasteiger charge is 2.29. The maximum Gasteiger partial charge on any atom is 0.328 e. The lowest BCUT2D eigenvalue weighted by molar-refractivity contribution is -0.141. The van der Waals surface area contributed by atoms with Crippen LogP contribution >= 0.6 is 0 Å². The molecule has 1 atom stereocenters. The number of esters is 1. The molecular formula is C19H26N2O3. The van der Waals surface area contributed by atoms with Gasteiger partial charge in [0.1, 0.15) is 6.04 Å². The Labute approximate surface area is 143 Å². The van der Waals surface area contributed by atoms with Crippen LogP contribution in [0.4, 0.5) is 11.4 Å². The van der Waals surface area contributed by atoms with E-state index in [1.54, 1.807) is 0 Å². The predicted octanol–water partition coefficient (Wildman–Crippen LogP) is 3.13. The molecule has 3 rings (SSSR count). The summed E-state index contributed by atoms with van der Waals surface area (Å²) >= 11 is 0. The summed E-state index contributed by atoms with van der Waals surface area (Å²) < 4.78 is 4.83. The van der Waals surface area contributed by atoms with E-state index in [1.807, 2.05) is 24.0 Å². The molecule has 1 amide bonds. The molecule has 0 aromatic heterocycles. The van der Waals surface area contributed by atoms with Gasteiger partial charge in [-0.3, -0.25) is 4.79 Å². The van der Waals surface area contributed by atoms with Crippen LogP contribution in [0.5, 0.6) is 0 Å². The number of methoxy groups -OCH3 is 1. The van der Waals surface area contributed by atoms with Gasteiger partial charge in [-0.1, -0.05) is 13.3 Å². The predicted molar refractivity (Wildman–Crippen MR) is 94.2 cm³/mol. The molecule has 1 aromatic carbocycles. The average molecular weight is 330 g/mol. The van der Waals surface area contributed by atoms with Crippen molar-refractivity contribution in [1.82, 2.24) is 0 Å². The van der Waals surface area contributed by atoms with Gasteiger partial charge >= 0.3 is 5.97 Å². The molecule has 0 unspecified atom stereocenters. The third kappa shape index (κ3) is 3.40. The first-order valence-corrected chi connectivity index (χ1v) is 8.90. The molecule has 2 aliphatic rings. The SMILES string of the molecule is CC[C@@H](Nc1ccc2c(c1)CCC(=O)N2CC1CCC1)C(=O)OC. The molecule has 0 spiro atoms. The highest BCUT2D eigenvalue weighted by Crippen LogP contribution is 2.34. The van der Waals surface area contributed by atoms with Gasteiger partial charge in [-0.2, -0.15) is 0 Å². The molecule has 0 radical (unpaired) electrons. The minimum Gasteiger partial charge on any atom is -0.467 e. The van der Waals surface area contributed by atoms with Crippen LogP contribution in [0.15, 0.2) is 18.2 Å². The number of hydrogen-bond donors (Lipinski definition) is 1. The van der Waals surface area contributed by atoms with Crippen LogP contribution < -0.4 is 10.2 Å². The van der Waals surface area contributed by atoms with Gasteiger partial charge in [0.05, 0.1) is 7.11 Å². The zero-order valence-electron chi connectivity index (χ0n) is 14.5. The van der Waals surface area contributed by atoms with Crippen LogP contribution in [-0.4, -0.2) is 31.6 Å². The maximum absolute atomic E-state index is 12.3. The molecule has 5 nitrogen and oxygen atoms in total. The second kappa shape index (κ2) is 7.24. The molecular weight excluding hydrogens is 304 g/mol. The zero-order chi connectivity index (χ0) is 17.1. The van der Waals surface area contributed by atoms with Crippen LogP contribution in [-0.2, 0) is 20.7 Å². The third-order valence-electron chi connectivity index (χ3n) is 5.18. The Morgan fingerprint density at radius 1 is 1.38 bits per heavy atom. The van der Waals surface area contributed by atoms with Crippen LogP contribution in [0.3, 0.4) is 0 Å². The van der Waals surface area contributed by atoms with Gasteiger partial charge in [0.2, 0.25) is 5.91 Å². The lowest BCUT2D eigenvalue weighted by Gasteiger charge is -2.36. The van der Waals surface area contributed by atoms with Gasteiger partial charge in [-0.15, -0.1) is 0 Å². The molecule has 1 aliphatic carbocycles. The van der Waals surface area contributed by atoms with E-state index >= 15 is 0 Å². The summed E-state index contributed by atoms with van der Waals surface area (Å²) in [6, 6.07) is 5.69. The van der Waals surface area contributed by atoms with E-state index in [0.717, 1.165) is 24.3 Å². The minimum atomic E-state index is -0.343. The van der Waals surface area contributed by atoms with Crippen molar-refractivity contribution in [3.63, 3.8) is 0 Å². The number of benzene rings is 1. The summed E-state index contributed by atoms with van der Waals surface area (Å²) in [5, 5.41) is 3.24. The molecule has 1 N–H and O–H groups in total. The maximum atomic E-state index is 12.3. The number of anilines is 2. The van der Waals surface area contributed by atoms with Gasteiger partial charge in [0, 0.05) is 24.3 Å². The Bertz CT molecular complexity index is 625. The van der Waals surface area contributed by atoms with E-state index in [-0.39, 0.29) is 17.9 Å². The molecule has 0 saturated heterocycles. The van der Waals surface area contributed by atoms with Crippen molar-refractivity contribution >= 4 is 23.3 Å². The van der Waals surface area contributed by atoms with Crippen molar-refractivity contribution < 1.29 is 14.3 Å². The number of amides is 1. The second-order valence-corrected chi connectivity index (χ2v) is 6.77. The van der Waals surface area contributed by atoms with Crippen LogP contribution in [0.1, 0.15) is 44.6 Å². The Hall–Kier alpha value is -2.04. The fraction of sp³-hybridized carbons (Fsp3) is 0.579. The quantitative estimate of drug-likeness (QED) is 0.814. The van der Waals surface area contributed by atoms with Gasteiger partial charge < -0.3 is 15.0 Å². The van der Waals surface area contributed by atoms with E-state index in [0.29, 0.717) is 18.8 Å². The largest absolute Gasteiger partial charge is 0.467 e. The van der Waals surface area contributed by atoms with Gasteiger partial charge in [-0.25, -0.2) is 4.79 Å². The number of hydrogen-bond acceptors (Lipinski definition) is 4. The number of ether oxygens (including phenoxy) is 1. The first kappa shape index (κ1) is 16.8. The van der Waals surface area contributed by atoms with Crippen molar-refractivity contribution in [1.29, 1.82) is 0 Å². The van der Waals surface area contributed by atoms with Crippen LogP contribution in [0.2, 0.25) is 0 Å². The molecule has 0 bridgehead atoms. The van der Waals surface area contributed by atoms with Crippen LogP contribution in [0.25, 0.3) is 0 Å². The fourth-order valence-electron chi connectivity index (χ4n) is 3.45. The van der Waals surface area contributed by atoms with Gasteiger partial charge in [-0.05, 0) is 55.4 Å². The van der Waals surface area contributed by atoms with E-state index < -0.39 is 0 Å². The second-order valence-electron chi connectivity index (χ2n) is 6.77. The number of fused-ring (bicyclic) bond motifs is 1. The Kier molecular flexibility index (Phi) is 5.07. The van der Waals surface area contributed by atoms with Crippen LogP contribution in [0, 0.1) is 5.92 Å². The normalized spacial score (nSPS) is 18.6. The third-order valence-corrected chi connectivity index (χ3v) is 5.18. The van der Waals surface area contributed by atoms with E-state index in [9.17, 15) is 9.59 Å². The summed E-state index contributed by atoms with van der Waals surface area (Å²) in [6.07, 6.45) is 5.74. The number of carbonyl (C=O) groups excluding carboxylic acids is 2. The fourth-order valence-corrected chi connectivity index (χ4v) is 3.45. The number of carbonyl (C=O) groups is 2. The van der Waals surface area contributed by atoms with Gasteiger partial charge in [0.25, 0.3) is 0 Å². The summed E-state index contributed by atoms with van der Waals surface area (Å²) in [4.78, 5) is 26.0. The lowest BCUT2D eigenvalue weighted by Crippen LogP contribution is -2.40. The van der Waals surface area contributed by atoms with E-state index in [4.69, 9.17) is 4.74 Å². The van der Waals surface area contributed by atoms with E-state index in [2.05, 4.69) is 11.4 Å². The number of aryl methyl sites for hydroxylation is 1. The summed E-state index contributed by atoms with van der Waals surface area (Å²) in [6.45, 7) is 2.80. The smallest absolute Gasteiger partial charge is 0.328 e. The number of nitrogens with one attached hydrogen (secondary N) is 1.